The summed E-state index contributed by atoms with van der Waals surface area (Å²) >= 11 is 0. The van der Waals surface area contributed by atoms with Gasteiger partial charge in [-0.1, -0.05) is 65.9 Å². The van der Waals surface area contributed by atoms with Crippen molar-refractivity contribution in [3.63, 3.8) is 0 Å². The highest BCUT2D eigenvalue weighted by Gasteiger charge is 2.33. The van der Waals surface area contributed by atoms with Crippen molar-refractivity contribution in [2.75, 3.05) is 6.61 Å². The number of carbonyl (C=O) groups is 4. The van der Waals surface area contributed by atoms with Crippen LogP contribution in [0.25, 0.3) is 0 Å². The van der Waals surface area contributed by atoms with Crippen LogP contribution in [-0.4, -0.2) is 74.6 Å². The number of aliphatic hydroxyl groups is 1. The molecule has 2 bridgehead atoms. The van der Waals surface area contributed by atoms with E-state index in [4.69, 9.17) is 4.74 Å². The fraction of sp³-hybridized carbons (Fsp3) is 0.314. The number of ether oxygens (including phenoxy) is 1. The van der Waals surface area contributed by atoms with E-state index in [-0.39, 0.29) is 37.3 Å². The number of fused-ring (bicyclic) bond motifs is 3. The zero-order chi connectivity index (χ0) is 34.8. The molecule has 0 saturated heterocycles. The maximum atomic E-state index is 14.4. The fourth-order valence-electron chi connectivity index (χ4n) is 5.32. The summed E-state index contributed by atoms with van der Waals surface area (Å²) in [6.45, 7) is 1.90. The molecule has 0 saturated carbocycles. The van der Waals surface area contributed by atoms with Crippen LogP contribution < -0.4 is 26.0 Å². The summed E-state index contributed by atoms with van der Waals surface area (Å²) in [7, 11) is 0. The van der Waals surface area contributed by atoms with Gasteiger partial charge in [-0.15, -0.1) is 5.10 Å². The number of aromatic nitrogens is 3. The molecule has 1 aliphatic heterocycles. The maximum Gasteiger partial charge on any atom is 0.255 e. The number of hydrogen-bond donors (Lipinski definition) is 5. The van der Waals surface area contributed by atoms with Crippen molar-refractivity contribution in [3.05, 3.63) is 113 Å². The molecule has 0 spiro atoms. The van der Waals surface area contributed by atoms with Gasteiger partial charge in [0, 0.05) is 25.8 Å². The van der Waals surface area contributed by atoms with Crippen LogP contribution in [0, 0.1) is 5.82 Å². The summed E-state index contributed by atoms with van der Waals surface area (Å²) in [5.41, 5.74) is 1.80. The molecule has 4 atom stereocenters. The third-order valence-corrected chi connectivity index (χ3v) is 7.89. The maximum absolute atomic E-state index is 14.4. The summed E-state index contributed by atoms with van der Waals surface area (Å²) in [5, 5.41) is 29.5. The van der Waals surface area contributed by atoms with Crippen molar-refractivity contribution in [2.45, 2.75) is 63.5 Å². The summed E-state index contributed by atoms with van der Waals surface area (Å²) in [6, 6.07) is 17.6. The Bertz CT molecular complexity index is 1750. The quantitative estimate of drug-likeness (QED) is 0.212. The van der Waals surface area contributed by atoms with Crippen LogP contribution in [0.15, 0.2) is 85.1 Å². The number of halogens is 1. The minimum atomic E-state index is -1.50. The Labute approximate surface area is 282 Å². The van der Waals surface area contributed by atoms with Crippen molar-refractivity contribution in [1.82, 2.24) is 36.3 Å². The molecule has 2 heterocycles. The highest BCUT2D eigenvalue weighted by Crippen LogP contribution is 2.21. The Morgan fingerprint density at radius 2 is 1.53 bits per heavy atom. The number of aryl methyl sites for hydroxylation is 1. The van der Waals surface area contributed by atoms with E-state index in [0.717, 1.165) is 17.7 Å². The lowest BCUT2D eigenvalue weighted by Crippen LogP contribution is -2.60. The van der Waals surface area contributed by atoms with Gasteiger partial charge in [-0.3, -0.25) is 23.9 Å². The number of nitrogens with zero attached hydrogens (tertiary/aromatic N) is 3. The molecule has 4 amide bonds. The predicted octanol–water partition coefficient (Wildman–Crippen LogP) is 1.45. The number of hydrogen-bond acceptors (Lipinski definition) is 8. The average Bonchev–Trinajstić information content (AvgIpc) is 3.55. The van der Waals surface area contributed by atoms with Crippen molar-refractivity contribution < 1.29 is 33.4 Å². The predicted molar refractivity (Wildman–Crippen MR) is 175 cm³/mol. The molecule has 256 valence electrons. The summed E-state index contributed by atoms with van der Waals surface area (Å²) in [4.78, 5) is 54.5. The molecular weight excluding hydrogens is 633 g/mol. The Kier molecular flexibility index (Phi) is 11.7. The number of benzene rings is 3. The SMILES string of the molecule is C[C@@H](O)[C@@H]1NC(=O)[C@H](Cc2ccccc2)NC(=O)c2cc(F)ccc2OCCCn2cc(nn2)CNC(=O)[C@@H](Cc2ccccc2)NC1=O. The van der Waals surface area contributed by atoms with Crippen LogP contribution in [0.2, 0.25) is 0 Å². The van der Waals surface area contributed by atoms with Crippen molar-refractivity contribution in [3.8, 4) is 5.75 Å². The van der Waals surface area contributed by atoms with Gasteiger partial charge in [0.15, 0.2) is 0 Å². The topological polar surface area (TPSA) is 177 Å². The van der Waals surface area contributed by atoms with Crippen LogP contribution in [-0.2, 0) is 40.3 Å². The van der Waals surface area contributed by atoms with Crippen LogP contribution in [0.1, 0.15) is 40.5 Å². The molecule has 0 aliphatic carbocycles. The Morgan fingerprint density at radius 3 is 2.18 bits per heavy atom. The highest BCUT2D eigenvalue weighted by atomic mass is 19.1. The Balaban J connectivity index is 1.46. The van der Waals surface area contributed by atoms with Gasteiger partial charge < -0.3 is 31.1 Å². The summed E-state index contributed by atoms with van der Waals surface area (Å²) in [6.07, 6.45) is 0.858. The second kappa shape index (κ2) is 16.5. The van der Waals surface area contributed by atoms with Crippen LogP contribution in [0.4, 0.5) is 4.39 Å². The zero-order valence-corrected chi connectivity index (χ0v) is 26.8. The van der Waals surface area contributed by atoms with Crippen molar-refractivity contribution in [1.29, 1.82) is 0 Å². The van der Waals surface area contributed by atoms with Gasteiger partial charge in [0.25, 0.3) is 5.91 Å². The molecule has 0 radical (unpaired) electrons. The Hall–Kier alpha value is -5.63. The summed E-state index contributed by atoms with van der Waals surface area (Å²) < 4.78 is 21.8. The first kappa shape index (κ1) is 34.7. The first-order valence-electron chi connectivity index (χ1n) is 15.9. The van der Waals surface area contributed by atoms with Gasteiger partial charge in [0.05, 0.1) is 31.0 Å². The van der Waals surface area contributed by atoms with E-state index in [1.165, 1.54) is 13.0 Å². The second-order valence-corrected chi connectivity index (χ2v) is 11.7. The molecule has 49 heavy (non-hydrogen) atoms. The summed E-state index contributed by atoms with van der Waals surface area (Å²) in [5.74, 6) is -3.47. The van der Waals surface area contributed by atoms with E-state index in [9.17, 15) is 28.7 Å². The number of amides is 4. The van der Waals surface area contributed by atoms with Crippen molar-refractivity contribution >= 4 is 23.6 Å². The monoisotopic (exact) mass is 671 g/mol. The van der Waals surface area contributed by atoms with Gasteiger partial charge in [-0.2, -0.15) is 0 Å². The number of nitrogens with one attached hydrogen (secondary N) is 4. The number of aliphatic hydroxyl groups excluding tert-OH is 1. The van der Waals surface area contributed by atoms with Gasteiger partial charge in [-0.05, 0) is 36.2 Å². The molecule has 1 aromatic heterocycles. The average molecular weight is 672 g/mol. The molecule has 5 rings (SSSR count). The lowest BCUT2D eigenvalue weighted by atomic mass is 10.0. The van der Waals surface area contributed by atoms with Gasteiger partial charge in [0.2, 0.25) is 17.7 Å². The number of rotatable bonds is 5. The largest absolute Gasteiger partial charge is 0.493 e. The van der Waals surface area contributed by atoms with Gasteiger partial charge >= 0.3 is 0 Å². The zero-order valence-electron chi connectivity index (χ0n) is 26.8. The molecule has 5 N–H and O–H groups in total. The van der Waals surface area contributed by atoms with E-state index in [2.05, 4.69) is 31.6 Å². The van der Waals surface area contributed by atoms with E-state index >= 15 is 0 Å². The molecule has 3 aromatic carbocycles. The van der Waals surface area contributed by atoms with E-state index < -0.39 is 53.7 Å². The second-order valence-electron chi connectivity index (χ2n) is 11.7. The standard InChI is InChI=1S/C35H38FN7O6/c1-22(44)31-35(48)39-28(17-23-9-4-2-5-10-23)33(46)37-20-26-21-43(42-41-26)15-8-16-49-30-14-13-25(36)19-27(30)32(45)38-29(34(47)40-31)18-24-11-6-3-7-12-24/h2-7,9-14,19,21-22,28-29,31,44H,8,15-18,20H2,1H3,(H,37,46)(H,38,45)(H,39,48)(H,40,47)/t22-,28-,29+,31+/m1/s1. The minimum absolute atomic E-state index is 0.0107. The van der Waals surface area contributed by atoms with E-state index in [1.54, 1.807) is 53.3 Å². The molecular formula is C35H38FN7O6. The molecule has 0 fully saturated rings. The minimum Gasteiger partial charge on any atom is -0.493 e. The van der Waals surface area contributed by atoms with Gasteiger partial charge in [-0.25, -0.2) is 4.39 Å². The highest BCUT2D eigenvalue weighted by molar-refractivity contribution is 6.00. The first-order chi connectivity index (χ1) is 23.7. The molecule has 0 unspecified atom stereocenters. The lowest BCUT2D eigenvalue weighted by molar-refractivity contribution is -0.134. The Morgan fingerprint density at radius 1 is 0.878 bits per heavy atom. The van der Waals surface area contributed by atoms with E-state index in [0.29, 0.717) is 24.2 Å². The molecule has 13 nitrogen and oxygen atoms in total. The molecule has 4 aromatic rings. The van der Waals surface area contributed by atoms with Crippen LogP contribution in [0.5, 0.6) is 5.75 Å². The lowest BCUT2D eigenvalue weighted by Gasteiger charge is -2.27. The third kappa shape index (κ3) is 9.70. The first-order valence-corrected chi connectivity index (χ1v) is 15.9. The van der Waals surface area contributed by atoms with Crippen LogP contribution >= 0.6 is 0 Å². The van der Waals surface area contributed by atoms with Crippen molar-refractivity contribution in [2.24, 2.45) is 0 Å². The molecule has 1 aliphatic rings. The smallest absolute Gasteiger partial charge is 0.255 e. The van der Waals surface area contributed by atoms with Gasteiger partial charge in [0.1, 0.15) is 35.4 Å². The fourth-order valence-corrected chi connectivity index (χ4v) is 5.32. The molecule has 14 heteroatoms. The van der Waals surface area contributed by atoms with E-state index in [1.807, 2.05) is 18.2 Å². The van der Waals surface area contributed by atoms with Crippen LogP contribution in [0.3, 0.4) is 0 Å². The third-order valence-electron chi connectivity index (χ3n) is 7.89. The normalized spacial score (nSPS) is 20.3. The number of carbonyl (C=O) groups excluding carboxylic acids is 4.